The Labute approximate surface area is 97.6 Å². The number of nitrogens with one attached hydrogen (secondary N) is 1. The van der Waals surface area contributed by atoms with E-state index in [1.165, 1.54) is 0 Å². The van der Waals surface area contributed by atoms with Crippen LogP contribution >= 0.6 is 11.6 Å². The van der Waals surface area contributed by atoms with E-state index < -0.39 is 0 Å². The van der Waals surface area contributed by atoms with Crippen LogP contribution in [0.25, 0.3) is 10.9 Å². The molecule has 16 heavy (non-hydrogen) atoms. The van der Waals surface area contributed by atoms with Crippen molar-refractivity contribution in [3.8, 4) is 0 Å². The third kappa shape index (κ3) is 1.22. The SMILES string of the molecule is Cn1c2c(c(=O)c3cc(Cl)ccc31)CNC2. The van der Waals surface area contributed by atoms with Crippen LogP contribution in [0, 0.1) is 0 Å². The van der Waals surface area contributed by atoms with E-state index in [1.54, 1.807) is 6.07 Å². The molecule has 2 aromatic rings. The van der Waals surface area contributed by atoms with Crippen LogP contribution in [0.15, 0.2) is 23.0 Å². The summed E-state index contributed by atoms with van der Waals surface area (Å²) in [6, 6.07) is 5.47. The van der Waals surface area contributed by atoms with Crippen molar-refractivity contribution in [2.75, 3.05) is 0 Å². The van der Waals surface area contributed by atoms with E-state index in [9.17, 15) is 4.79 Å². The van der Waals surface area contributed by atoms with Gasteiger partial charge in [-0.3, -0.25) is 4.79 Å². The van der Waals surface area contributed by atoms with Gasteiger partial charge < -0.3 is 9.88 Å². The van der Waals surface area contributed by atoms with Crippen LogP contribution in [-0.4, -0.2) is 4.57 Å². The highest BCUT2D eigenvalue weighted by atomic mass is 35.5. The lowest BCUT2D eigenvalue weighted by Gasteiger charge is -2.11. The van der Waals surface area contributed by atoms with Crippen molar-refractivity contribution in [1.82, 2.24) is 9.88 Å². The fourth-order valence-corrected chi connectivity index (χ4v) is 2.51. The molecule has 2 heterocycles. The first-order chi connectivity index (χ1) is 7.68. The summed E-state index contributed by atoms with van der Waals surface area (Å²) in [5, 5.41) is 4.52. The number of benzene rings is 1. The first-order valence-electron chi connectivity index (χ1n) is 5.19. The number of hydrogen-bond donors (Lipinski definition) is 1. The van der Waals surface area contributed by atoms with Crippen LogP contribution in [0.3, 0.4) is 0 Å². The zero-order valence-electron chi connectivity index (χ0n) is 8.88. The molecule has 0 radical (unpaired) electrons. The number of hydrogen-bond acceptors (Lipinski definition) is 2. The van der Waals surface area contributed by atoms with Crippen LogP contribution in [0.2, 0.25) is 5.02 Å². The Morgan fingerprint density at radius 2 is 2.19 bits per heavy atom. The maximum absolute atomic E-state index is 12.2. The Kier molecular flexibility index (Phi) is 2.06. The van der Waals surface area contributed by atoms with Crippen molar-refractivity contribution in [2.24, 2.45) is 7.05 Å². The summed E-state index contributed by atoms with van der Waals surface area (Å²) in [6.45, 7) is 1.42. The fraction of sp³-hybridized carbons (Fsp3) is 0.250. The Bertz CT molecular complexity index is 645. The summed E-state index contributed by atoms with van der Waals surface area (Å²) in [5.41, 5.74) is 3.00. The highest BCUT2D eigenvalue weighted by Crippen LogP contribution is 2.21. The van der Waals surface area contributed by atoms with Gasteiger partial charge in [-0.05, 0) is 18.2 Å². The highest BCUT2D eigenvalue weighted by Gasteiger charge is 2.18. The molecule has 0 aliphatic carbocycles. The van der Waals surface area contributed by atoms with Gasteiger partial charge >= 0.3 is 0 Å². The Morgan fingerprint density at radius 3 is 3.00 bits per heavy atom. The van der Waals surface area contributed by atoms with E-state index in [4.69, 9.17) is 11.6 Å². The average Bonchev–Trinajstić information content (AvgIpc) is 2.75. The molecule has 1 aromatic heterocycles. The first kappa shape index (κ1) is 9.87. The Hall–Kier alpha value is -1.32. The third-order valence-electron chi connectivity index (χ3n) is 3.19. The summed E-state index contributed by atoms with van der Waals surface area (Å²) in [4.78, 5) is 12.2. The zero-order valence-corrected chi connectivity index (χ0v) is 9.64. The van der Waals surface area contributed by atoms with Crippen molar-refractivity contribution in [3.63, 3.8) is 0 Å². The van der Waals surface area contributed by atoms with Crippen molar-refractivity contribution in [2.45, 2.75) is 13.1 Å². The minimum Gasteiger partial charge on any atom is -0.346 e. The average molecular weight is 235 g/mol. The molecule has 0 amide bonds. The first-order valence-corrected chi connectivity index (χ1v) is 5.57. The standard InChI is InChI=1S/C12H11ClN2O/c1-15-10-3-2-7(13)4-8(10)12(16)9-5-14-6-11(9)15/h2-4,14H,5-6H2,1H3. The van der Waals surface area contributed by atoms with Crippen LogP contribution in [0.1, 0.15) is 11.3 Å². The number of halogens is 1. The molecule has 0 unspecified atom stereocenters. The molecule has 0 atom stereocenters. The fourth-order valence-electron chi connectivity index (χ4n) is 2.34. The molecule has 0 saturated heterocycles. The van der Waals surface area contributed by atoms with Gasteiger partial charge in [0.25, 0.3) is 0 Å². The van der Waals surface area contributed by atoms with Crippen molar-refractivity contribution in [1.29, 1.82) is 0 Å². The molecule has 3 nitrogen and oxygen atoms in total. The number of aromatic nitrogens is 1. The molecule has 1 aromatic carbocycles. The van der Waals surface area contributed by atoms with Gasteiger partial charge in [0.1, 0.15) is 0 Å². The smallest absolute Gasteiger partial charge is 0.194 e. The molecule has 0 spiro atoms. The highest BCUT2D eigenvalue weighted by molar-refractivity contribution is 6.31. The molecule has 0 bridgehead atoms. The minimum absolute atomic E-state index is 0.107. The van der Waals surface area contributed by atoms with E-state index in [2.05, 4.69) is 9.88 Å². The Balaban J connectivity index is 2.54. The number of aryl methyl sites for hydroxylation is 1. The van der Waals surface area contributed by atoms with Gasteiger partial charge in [-0.2, -0.15) is 0 Å². The zero-order chi connectivity index (χ0) is 11.3. The molecular weight excluding hydrogens is 224 g/mol. The van der Waals surface area contributed by atoms with E-state index in [1.807, 2.05) is 19.2 Å². The van der Waals surface area contributed by atoms with Gasteiger partial charge in [-0.1, -0.05) is 11.6 Å². The molecule has 0 saturated carbocycles. The molecule has 0 fully saturated rings. The maximum atomic E-state index is 12.2. The van der Waals surface area contributed by atoms with Crippen molar-refractivity contribution < 1.29 is 0 Å². The van der Waals surface area contributed by atoms with Gasteiger partial charge in [0.15, 0.2) is 5.43 Å². The second kappa shape index (κ2) is 3.34. The largest absolute Gasteiger partial charge is 0.346 e. The van der Waals surface area contributed by atoms with Crippen LogP contribution in [-0.2, 0) is 20.1 Å². The minimum atomic E-state index is 0.107. The number of rotatable bonds is 0. The van der Waals surface area contributed by atoms with Crippen LogP contribution in [0.4, 0.5) is 0 Å². The molecule has 1 aliphatic heterocycles. The molecule has 3 rings (SSSR count). The summed E-state index contributed by atoms with van der Waals surface area (Å²) in [7, 11) is 1.99. The Morgan fingerprint density at radius 1 is 1.38 bits per heavy atom. The van der Waals surface area contributed by atoms with Crippen LogP contribution < -0.4 is 10.7 Å². The van der Waals surface area contributed by atoms with Gasteiger partial charge in [0, 0.05) is 41.8 Å². The van der Waals surface area contributed by atoms with Gasteiger partial charge in [0.2, 0.25) is 0 Å². The number of fused-ring (bicyclic) bond motifs is 2. The lowest BCUT2D eigenvalue weighted by Crippen LogP contribution is -2.15. The summed E-state index contributed by atoms with van der Waals surface area (Å²) in [5.74, 6) is 0. The summed E-state index contributed by atoms with van der Waals surface area (Å²) < 4.78 is 2.07. The predicted molar refractivity (Wildman–Crippen MR) is 64.7 cm³/mol. The van der Waals surface area contributed by atoms with E-state index in [0.29, 0.717) is 17.0 Å². The predicted octanol–water partition coefficient (Wildman–Crippen LogP) is 1.80. The van der Waals surface area contributed by atoms with Crippen molar-refractivity contribution in [3.05, 3.63) is 44.7 Å². The second-order valence-electron chi connectivity index (χ2n) is 4.08. The van der Waals surface area contributed by atoms with E-state index >= 15 is 0 Å². The molecule has 1 aliphatic rings. The normalized spacial score (nSPS) is 14.4. The van der Waals surface area contributed by atoms with Gasteiger partial charge in [0.05, 0.1) is 5.52 Å². The van der Waals surface area contributed by atoms with E-state index in [0.717, 1.165) is 23.3 Å². The number of pyridine rings is 1. The van der Waals surface area contributed by atoms with Crippen molar-refractivity contribution >= 4 is 22.5 Å². The van der Waals surface area contributed by atoms with Gasteiger partial charge in [-0.25, -0.2) is 0 Å². The topological polar surface area (TPSA) is 34.0 Å². The monoisotopic (exact) mass is 234 g/mol. The molecule has 1 N–H and O–H groups in total. The number of nitrogens with zero attached hydrogens (tertiary/aromatic N) is 1. The van der Waals surface area contributed by atoms with E-state index in [-0.39, 0.29) is 5.43 Å². The second-order valence-corrected chi connectivity index (χ2v) is 4.51. The quantitative estimate of drug-likeness (QED) is 0.754. The summed E-state index contributed by atoms with van der Waals surface area (Å²) >= 11 is 5.93. The molecule has 4 heteroatoms. The molecule has 82 valence electrons. The maximum Gasteiger partial charge on any atom is 0.194 e. The molecular formula is C12H11ClN2O. The lowest BCUT2D eigenvalue weighted by atomic mass is 10.1. The van der Waals surface area contributed by atoms with Gasteiger partial charge in [-0.15, -0.1) is 0 Å². The van der Waals surface area contributed by atoms with Crippen LogP contribution in [0.5, 0.6) is 0 Å². The summed E-state index contributed by atoms with van der Waals surface area (Å²) in [6.07, 6.45) is 0. The lowest BCUT2D eigenvalue weighted by molar-refractivity contribution is 0.736. The third-order valence-corrected chi connectivity index (χ3v) is 3.42.